The van der Waals surface area contributed by atoms with Gasteiger partial charge in [-0.15, -0.1) is 0 Å². The number of hydrogen-bond acceptors (Lipinski definition) is 3. The molecule has 1 aromatic heterocycles. The summed E-state index contributed by atoms with van der Waals surface area (Å²) in [5.41, 5.74) is 16.0. The number of nitrogens with two attached hydrogens (primary N) is 1. The van der Waals surface area contributed by atoms with E-state index in [9.17, 15) is 0 Å². The third kappa shape index (κ3) is 4.82. The Morgan fingerprint density at radius 1 is 0.674 bits per heavy atom. The second kappa shape index (κ2) is 11.9. The normalized spacial score (nSPS) is 12.9. The number of furan rings is 1. The van der Waals surface area contributed by atoms with Gasteiger partial charge in [0.25, 0.3) is 0 Å². The second-order valence-corrected chi connectivity index (χ2v) is 11.4. The molecule has 0 amide bonds. The van der Waals surface area contributed by atoms with E-state index in [1.165, 1.54) is 10.8 Å². The molecular formula is C43H32N2O. The Hall–Kier alpha value is -5.95. The van der Waals surface area contributed by atoms with Crippen LogP contribution in [0.1, 0.15) is 18.1 Å². The third-order valence-electron chi connectivity index (χ3n) is 8.80. The predicted molar refractivity (Wildman–Crippen MR) is 195 cm³/mol. The minimum absolute atomic E-state index is 0.689. The molecular weight excluding hydrogens is 560 g/mol. The molecule has 6 aromatic carbocycles. The van der Waals surface area contributed by atoms with Gasteiger partial charge in [0.05, 0.1) is 6.07 Å². The van der Waals surface area contributed by atoms with Gasteiger partial charge < -0.3 is 10.2 Å². The summed E-state index contributed by atoms with van der Waals surface area (Å²) in [6.07, 6.45) is 7.43. The molecule has 0 fully saturated rings. The van der Waals surface area contributed by atoms with E-state index in [1.807, 2.05) is 25.1 Å². The first-order chi connectivity index (χ1) is 22.5. The molecule has 0 radical (unpaired) electrons. The molecule has 1 unspecified atom stereocenters. The van der Waals surface area contributed by atoms with Crippen molar-refractivity contribution in [2.75, 3.05) is 0 Å². The number of benzene rings is 6. The predicted octanol–water partition coefficient (Wildman–Crippen LogP) is 11.2. The minimum atomic E-state index is -0.689. The van der Waals surface area contributed by atoms with E-state index in [-0.39, 0.29) is 0 Å². The Bertz CT molecular complexity index is 2410. The molecule has 46 heavy (non-hydrogen) atoms. The smallest absolute Gasteiger partial charge is 0.136 e. The van der Waals surface area contributed by atoms with Crippen LogP contribution >= 0.6 is 0 Å². The van der Waals surface area contributed by atoms with Crippen molar-refractivity contribution in [3.8, 4) is 28.3 Å². The number of nitriles is 1. The van der Waals surface area contributed by atoms with Crippen molar-refractivity contribution in [3.05, 3.63) is 158 Å². The van der Waals surface area contributed by atoms with Gasteiger partial charge in [-0.3, -0.25) is 0 Å². The fourth-order valence-electron chi connectivity index (χ4n) is 6.57. The van der Waals surface area contributed by atoms with Crippen LogP contribution in [0.4, 0.5) is 0 Å². The van der Waals surface area contributed by atoms with Gasteiger partial charge in [0, 0.05) is 10.8 Å². The number of allylic oxidation sites excluding steroid dienone is 5. The lowest BCUT2D eigenvalue weighted by Gasteiger charge is -2.11. The van der Waals surface area contributed by atoms with Gasteiger partial charge >= 0.3 is 0 Å². The summed E-state index contributed by atoms with van der Waals surface area (Å²) < 4.78 is 6.74. The van der Waals surface area contributed by atoms with Crippen molar-refractivity contribution in [2.45, 2.75) is 13.0 Å². The van der Waals surface area contributed by atoms with Gasteiger partial charge in [0.15, 0.2) is 0 Å². The third-order valence-corrected chi connectivity index (χ3v) is 8.80. The molecule has 0 aliphatic rings. The van der Waals surface area contributed by atoms with E-state index >= 15 is 0 Å². The van der Waals surface area contributed by atoms with Gasteiger partial charge in [-0.05, 0) is 91.2 Å². The Morgan fingerprint density at radius 2 is 1.11 bits per heavy atom. The van der Waals surface area contributed by atoms with Crippen molar-refractivity contribution in [1.82, 2.24) is 0 Å². The molecule has 1 atom stereocenters. The van der Waals surface area contributed by atoms with Crippen molar-refractivity contribution < 1.29 is 4.42 Å². The minimum Gasteiger partial charge on any atom is -0.456 e. The SMILES string of the molecule is C=C/C(=C\C)c1ccc(-c2cc3oc4cc(-c5ccc(/C(C=C)=C/C(N)C#N)cc5)c5ccccc5c4c3c3ccccc23)cc1. The maximum Gasteiger partial charge on any atom is 0.136 e. The highest BCUT2D eigenvalue weighted by Crippen LogP contribution is 2.45. The van der Waals surface area contributed by atoms with Crippen molar-refractivity contribution in [2.24, 2.45) is 5.73 Å². The summed E-state index contributed by atoms with van der Waals surface area (Å²) in [6, 6.07) is 39.8. The summed E-state index contributed by atoms with van der Waals surface area (Å²) in [5.74, 6) is 0. The number of hydrogen-bond donors (Lipinski definition) is 1. The quantitative estimate of drug-likeness (QED) is 0.187. The van der Waals surface area contributed by atoms with E-state index in [1.54, 1.807) is 12.2 Å². The van der Waals surface area contributed by atoms with Gasteiger partial charge in [-0.25, -0.2) is 0 Å². The average molecular weight is 593 g/mol. The summed E-state index contributed by atoms with van der Waals surface area (Å²) in [5, 5.41) is 16.1. The van der Waals surface area contributed by atoms with Crippen LogP contribution in [0.5, 0.6) is 0 Å². The zero-order chi connectivity index (χ0) is 31.8. The van der Waals surface area contributed by atoms with E-state index in [0.29, 0.717) is 0 Å². The highest BCUT2D eigenvalue weighted by Gasteiger charge is 2.19. The van der Waals surface area contributed by atoms with Gasteiger partial charge in [-0.2, -0.15) is 5.26 Å². The number of fused-ring (bicyclic) bond motifs is 7. The van der Waals surface area contributed by atoms with Gasteiger partial charge in [0.2, 0.25) is 0 Å². The molecule has 3 nitrogen and oxygen atoms in total. The van der Waals surface area contributed by atoms with Crippen LogP contribution in [0.15, 0.2) is 151 Å². The van der Waals surface area contributed by atoms with E-state index in [0.717, 1.165) is 77.2 Å². The van der Waals surface area contributed by atoms with Crippen LogP contribution in [-0.4, -0.2) is 6.04 Å². The average Bonchev–Trinajstić information content (AvgIpc) is 3.50. The lowest BCUT2D eigenvalue weighted by molar-refractivity contribution is 0.670. The Labute approximate surface area is 268 Å². The van der Waals surface area contributed by atoms with E-state index in [4.69, 9.17) is 15.4 Å². The topological polar surface area (TPSA) is 62.9 Å². The largest absolute Gasteiger partial charge is 0.456 e. The Kier molecular flexibility index (Phi) is 7.42. The summed E-state index contributed by atoms with van der Waals surface area (Å²) in [6.45, 7) is 9.90. The molecule has 0 saturated heterocycles. The first kappa shape index (κ1) is 28.8. The van der Waals surface area contributed by atoms with Crippen molar-refractivity contribution in [1.29, 1.82) is 5.26 Å². The molecule has 0 aliphatic heterocycles. The zero-order valence-electron chi connectivity index (χ0n) is 25.6. The fourth-order valence-corrected chi connectivity index (χ4v) is 6.57. The van der Waals surface area contributed by atoms with Crippen molar-refractivity contribution >= 4 is 54.6 Å². The Morgan fingerprint density at radius 3 is 1.52 bits per heavy atom. The summed E-state index contributed by atoms with van der Waals surface area (Å²) in [4.78, 5) is 0. The summed E-state index contributed by atoms with van der Waals surface area (Å²) in [7, 11) is 0. The molecule has 0 aliphatic carbocycles. The fraction of sp³-hybridized carbons (Fsp3) is 0.0465. The monoisotopic (exact) mass is 592 g/mol. The first-order valence-electron chi connectivity index (χ1n) is 15.3. The van der Waals surface area contributed by atoms with Crippen LogP contribution in [0.2, 0.25) is 0 Å². The van der Waals surface area contributed by atoms with Crippen LogP contribution in [0, 0.1) is 11.3 Å². The second-order valence-electron chi connectivity index (χ2n) is 11.4. The van der Waals surface area contributed by atoms with Crippen LogP contribution in [0.25, 0.3) is 76.9 Å². The molecule has 0 saturated carbocycles. The molecule has 2 N–H and O–H groups in total. The molecule has 1 heterocycles. The standard InChI is InChI=1S/C43H32N2O/c1-4-27(5-2)29-15-19-31(20-16-29)38-24-40-42(36-13-9-7-11-34(36)38)43-37-14-10-8-12-35(37)39(25-41(43)46-40)32-21-17-30(18-22-32)28(6-3)23-33(45)26-44/h4-25,33H,1,3,45H2,2H3/b27-5+,28-23+. The molecule has 0 spiro atoms. The van der Waals surface area contributed by atoms with Crippen LogP contribution in [-0.2, 0) is 0 Å². The van der Waals surface area contributed by atoms with Crippen LogP contribution < -0.4 is 5.73 Å². The molecule has 220 valence electrons. The van der Waals surface area contributed by atoms with Gasteiger partial charge in [0.1, 0.15) is 17.2 Å². The summed E-state index contributed by atoms with van der Waals surface area (Å²) >= 11 is 0. The number of rotatable bonds is 7. The highest BCUT2D eigenvalue weighted by atomic mass is 16.3. The molecule has 7 rings (SSSR count). The first-order valence-corrected chi connectivity index (χ1v) is 15.3. The maximum absolute atomic E-state index is 9.17. The lowest BCUT2D eigenvalue weighted by Crippen LogP contribution is -2.13. The molecule has 3 heteroatoms. The molecule has 0 bridgehead atoms. The van der Waals surface area contributed by atoms with E-state index < -0.39 is 6.04 Å². The molecule has 7 aromatic rings. The van der Waals surface area contributed by atoms with Crippen molar-refractivity contribution in [3.63, 3.8) is 0 Å². The number of nitrogens with zero attached hydrogens (tertiary/aromatic N) is 1. The highest BCUT2D eigenvalue weighted by molar-refractivity contribution is 6.29. The zero-order valence-corrected chi connectivity index (χ0v) is 25.6. The maximum atomic E-state index is 9.17. The lowest BCUT2D eigenvalue weighted by atomic mass is 9.91. The Balaban J connectivity index is 1.43. The van der Waals surface area contributed by atoms with E-state index in [2.05, 4.69) is 122 Å². The van der Waals surface area contributed by atoms with Crippen LogP contribution in [0.3, 0.4) is 0 Å². The van der Waals surface area contributed by atoms with Gasteiger partial charge in [-0.1, -0.05) is 128 Å².